The molecule has 1 N–H and O–H groups in total. The highest BCUT2D eigenvalue weighted by molar-refractivity contribution is 14.1. The van der Waals surface area contributed by atoms with Crippen molar-refractivity contribution in [3.05, 3.63) is 52.1 Å². The van der Waals surface area contributed by atoms with Crippen molar-refractivity contribution in [3.63, 3.8) is 0 Å². The first-order chi connectivity index (χ1) is 10.7. The van der Waals surface area contributed by atoms with E-state index in [1.807, 2.05) is 48.5 Å². The molecule has 116 valence electrons. The van der Waals surface area contributed by atoms with Crippen molar-refractivity contribution in [1.82, 2.24) is 0 Å². The lowest BCUT2D eigenvalue weighted by Crippen LogP contribution is -2.13. The number of ether oxygens (including phenoxy) is 2. The second-order valence-electron chi connectivity index (χ2n) is 4.66. The van der Waals surface area contributed by atoms with Gasteiger partial charge in [0.2, 0.25) is 5.91 Å². The summed E-state index contributed by atoms with van der Waals surface area (Å²) in [6.07, 6.45) is 1.10. The van der Waals surface area contributed by atoms with Gasteiger partial charge in [0.05, 0.1) is 19.4 Å². The van der Waals surface area contributed by atoms with Crippen LogP contribution in [0.3, 0.4) is 0 Å². The number of carbonyl (C=O) groups excluding carboxylic acids is 1. The van der Waals surface area contributed by atoms with Crippen molar-refractivity contribution in [2.75, 3.05) is 19.0 Å². The normalized spacial score (nSPS) is 10.1. The molecular formula is C17H18INO3. The van der Waals surface area contributed by atoms with Crippen molar-refractivity contribution in [1.29, 1.82) is 0 Å². The fraction of sp³-hybridized carbons (Fsp3) is 0.235. The third-order valence-electron chi connectivity index (χ3n) is 3.02. The van der Waals surface area contributed by atoms with Crippen LogP contribution in [0.2, 0.25) is 0 Å². The predicted molar refractivity (Wildman–Crippen MR) is 95.5 cm³/mol. The molecule has 0 saturated carbocycles. The Morgan fingerprint density at radius 1 is 1.09 bits per heavy atom. The van der Waals surface area contributed by atoms with Crippen LogP contribution in [-0.4, -0.2) is 19.6 Å². The molecule has 0 aliphatic heterocycles. The summed E-state index contributed by atoms with van der Waals surface area (Å²) >= 11 is 2.20. The number of anilines is 1. The first kappa shape index (κ1) is 16.6. The quantitative estimate of drug-likeness (QED) is 0.552. The van der Waals surface area contributed by atoms with Crippen LogP contribution in [0, 0.1) is 3.57 Å². The van der Waals surface area contributed by atoms with E-state index in [0.29, 0.717) is 19.4 Å². The molecule has 1 amide bonds. The molecule has 4 nitrogen and oxygen atoms in total. The standard InChI is InChI=1S/C17H18INO3/c1-21-13-8-10-14(11-9-13)22-12-4-7-17(20)19-16-6-3-2-5-15(16)18/h2-3,5-6,8-11H,4,7,12H2,1H3,(H,19,20). The topological polar surface area (TPSA) is 47.6 Å². The van der Waals surface area contributed by atoms with E-state index in [-0.39, 0.29) is 5.91 Å². The molecule has 0 fully saturated rings. The number of nitrogens with one attached hydrogen (secondary N) is 1. The molecule has 22 heavy (non-hydrogen) atoms. The third-order valence-corrected chi connectivity index (χ3v) is 3.96. The number of hydrogen-bond acceptors (Lipinski definition) is 3. The van der Waals surface area contributed by atoms with Gasteiger partial charge in [-0.05, 0) is 65.4 Å². The monoisotopic (exact) mass is 411 g/mol. The average Bonchev–Trinajstić information content (AvgIpc) is 2.54. The van der Waals surface area contributed by atoms with Crippen LogP contribution >= 0.6 is 22.6 Å². The smallest absolute Gasteiger partial charge is 0.224 e. The summed E-state index contributed by atoms with van der Waals surface area (Å²) < 4.78 is 11.7. The van der Waals surface area contributed by atoms with Gasteiger partial charge in [0.15, 0.2) is 0 Å². The molecule has 0 spiro atoms. The zero-order valence-corrected chi connectivity index (χ0v) is 14.5. The van der Waals surface area contributed by atoms with Crippen molar-refractivity contribution in [2.45, 2.75) is 12.8 Å². The van der Waals surface area contributed by atoms with E-state index < -0.39 is 0 Å². The molecule has 0 heterocycles. The summed E-state index contributed by atoms with van der Waals surface area (Å²) in [4.78, 5) is 11.9. The number of hydrogen-bond donors (Lipinski definition) is 1. The van der Waals surface area contributed by atoms with Crippen LogP contribution in [0.5, 0.6) is 11.5 Å². The van der Waals surface area contributed by atoms with E-state index in [0.717, 1.165) is 20.8 Å². The van der Waals surface area contributed by atoms with Gasteiger partial charge >= 0.3 is 0 Å². The van der Waals surface area contributed by atoms with Gasteiger partial charge < -0.3 is 14.8 Å². The van der Waals surface area contributed by atoms with E-state index in [1.54, 1.807) is 7.11 Å². The van der Waals surface area contributed by atoms with Crippen molar-refractivity contribution in [3.8, 4) is 11.5 Å². The number of benzene rings is 2. The van der Waals surface area contributed by atoms with E-state index in [4.69, 9.17) is 9.47 Å². The fourth-order valence-corrected chi connectivity index (χ4v) is 2.39. The number of carbonyl (C=O) groups is 1. The average molecular weight is 411 g/mol. The van der Waals surface area contributed by atoms with Crippen molar-refractivity contribution < 1.29 is 14.3 Å². The molecule has 2 aromatic rings. The minimum Gasteiger partial charge on any atom is -0.497 e. The van der Waals surface area contributed by atoms with Gasteiger partial charge in [0.1, 0.15) is 11.5 Å². The molecule has 0 atom stereocenters. The molecule has 2 aromatic carbocycles. The highest BCUT2D eigenvalue weighted by atomic mass is 127. The Labute approximate surface area is 144 Å². The van der Waals surface area contributed by atoms with Crippen LogP contribution < -0.4 is 14.8 Å². The molecule has 0 unspecified atom stereocenters. The minimum atomic E-state index is 0.00227. The first-order valence-electron chi connectivity index (χ1n) is 7.00. The van der Waals surface area contributed by atoms with E-state index in [2.05, 4.69) is 27.9 Å². The van der Waals surface area contributed by atoms with E-state index in [1.165, 1.54) is 0 Å². The number of rotatable bonds is 7. The Morgan fingerprint density at radius 3 is 2.45 bits per heavy atom. The predicted octanol–water partition coefficient (Wildman–Crippen LogP) is 4.10. The lowest BCUT2D eigenvalue weighted by molar-refractivity contribution is -0.116. The SMILES string of the molecule is COc1ccc(OCCCC(=O)Nc2ccccc2I)cc1. The summed E-state index contributed by atoms with van der Waals surface area (Å²) in [6.45, 7) is 0.506. The molecule has 5 heteroatoms. The summed E-state index contributed by atoms with van der Waals surface area (Å²) in [5, 5.41) is 2.91. The number of methoxy groups -OCH3 is 1. The molecule has 0 bridgehead atoms. The minimum absolute atomic E-state index is 0.00227. The van der Waals surface area contributed by atoms with Crippen molar-refractivity contribution in [2.24, 2.45) is 0 Å². The van der Waals surface area contributed by atoms with Crippen LogP contribution in [0.4, 0.5) is 5.69 Å². The molecule has 2 rings (SSSR count). The number of para-hydroxylation sites is 1. The van der Waals surface area contributed by atoms with Crippen LogP contribution in [-0.2, 0) is 4.79 Å². The molecule has 0 aromatic heterocycles. The highest BCUT2D eigenvalue weighted by Crippen LogP contribution is 2.18. The van der Waals surface area contributed by atoms with Crippen molar-refractivity contribution >= 4 is 34.2 Å². The second-order valence-corrected chi connectivity index (χ2v) is 5.82. The van der Waals surface area contributed by atoms with Crippen LogP contribution in [0.15, 0.2) is 48.5 Å². The zero-order chi connectivity index (χ0) is 15.8. The largest absolute Gasteiger partial charge is 0.497 e. The Hall–Kier alpha value is -1.76. The number of amides is 1. The third kappa shape index (κ3) is 5.22. The molecule has 0 saturated heterocycles. The maximum Gasteiger partial charge on any atom is 0.224 e. The Morgan fingerprint density at radius 2 is 1.77 bits per heavy atom. The van der Waals surface area contributed by atoms with Gasteiger partial charge in [0, 0.05) is 9.99 Å². The van der Waals surface area contributed by atoms with Crippen LogP contribution in [0.25, 0.3) is 0 Å². The Kier molecular flexibility index (Phi) is 6.51. The van der Waals surface area contributed by atoms with Gasteiger partial charge in [-0.3, -0.25) is 4.79 Å². The maximum atomic E-state index is 11.9. The van der Waals surface area contributed by atoms with E-state index in [9.17, 15) is 4.79 Å². The van der Waals surface area contributed by atoms with Gasteiger partial charge in [-0.25, -0.2) is 0 Å². The second kappa shape index (κ2) is 8.63. The van der Waals surface area contributed by atoms with Crippen LogP contribution in [0.1, 0.15) is 12.8 Å². The molecule has 0 aliphatic rings. The summed E-state index contributed by atoms with van der Waals surface area (Å²) in [7, 11) is 1.63. The summed E-state index contributed by atoms with van der Waals surface area (Å²) in [5.41, 5.74) is 0.851. The van der Waals surface area contributed by atoms with E-state index >= 15 is 0 Å². The van der Waals surface area contributed by atoms with Gasteiger partial charge in [-0.15, -0.1) is 0 Å². The van der Waals surface area contributed by atoms with Gasteiger partial charge in [0.25, 0.3) is 0 Å². The maximum absolute atomic E-state index is 11.9. The lowest BCUT2D eigenvalue weighted by atomic mass is 10.2. The molecular weight excluding hydrogens is 393 g/mol. The summed E-state index contributed by atoms with van der Waals surface area (Å²) in [5.74, 6) is 1.57. The first-order valence-corrected chi connectivity index (χ1v) is 8.08. The molecule has 0 radical (unpaired) electrons. The summed E-state index contributed by atoms with van der Waals surface area (Å²) in [6, 6.07) is 15.1. The van der Waals surface area contributed by atoms with Gasteiger partial charge in [-0.2, -0.15) is 0 Å². The zero-order valence-electron chi connectivity index (χ0n) is 12.3. The fourth-order valence-electron chi connectivity index (χ4n) is 1.87. The number of halogens is 1. The highest BCUT2D eigenvalue weighted by Gasteiger charge is 2.05. The Bertz CT molecular complexity index is 614. The Balaban J connectivity index is 1.69. The lowest BCUT2D eigenvalue weighted by Gasteiger charge is -2.08. The van der Waals surface area contributed by atoms with Gasteiger partial charge in [-0.1, -0.05) is 12.1 Å². The molecule has 0 aliphatic carbocycles.